The van der Waals surface area contributed by atoms with Crippen molar-refractivity contribution in [1.82, 2.24) is 0 Å². The molecule has 0 N–H and O–H groups in total. The molecule has 2 heteroatoms. The van der Waals surface area contributed by atoms with E-state index in [-0.39, 0.29) is 21.1 Å². The van der Waals surface area contributed by atoms with Crippen molar-refractivity contribution in [2.24, 2.45) is 0 Å². The molecular formula is C18H24MoP-. The Balaban J connectivity index is 0.000000448. The summed E-state index contributed by atoms with van der Waals surface area (Å²) in [6, 6.07) is 21.2. The van der Waals surface area contributed by atoms with Gasteiger partial charge >= 0.3 is 0 Å². The van der Waals surface area contributed by atoms with Crippen molar-refractivity contribution in [1.29, 1.82) is 0 Å². The Morgan fingerprint density at radius 3 is 1.55 bits per heavy atom. The van der Waals surface area contributed by atoms with E-state index in [1.165, 1.54) is 29.9 Å². The third-order valence-electron chi connectivity index (χ3n) is 2.69. The van der Waals surface area contributed by atoms with E-state index < -0.39 is 0 Å². The summed E-state index contributed by atoms with van der Waals surface area (Å²) in [5.74, 6) is 0. The van der Waals surface area contributed by atoms with Crippen molar-refractivity contribution in [2.75, 3.05) is 0 Å². The van der Waals surface area contributed by atoms with Crippen molar-refractivity contribution in [3.05, 3.63) is 67.6 Å². The van der Waals surface area contributed by atoms with Crippen LogP contribution in [0.15, 0.2) is 60.7 Å². The summed E-state index contributed by atoms with van der Waals surface area (Å²) in [7, 11) is 0.777. The first-order valence-electron chi connectivity index (χ1n) is 7.03. The number of unbranched alkanes of at least 4 members (excludes halogenated alkanes) is 3. The summed E-state index contributed by atoms with van der Waals surface area (Å²) in [5, 5.41) is 2.79. The van der Waals surface area contributed by atoms with Crippen LogP contribution in [0.3, 0.4) is 0 Å². The van der Waals surface area contributed by atoms with E-state index in [1.54, 1.807) is 0 Å². The van der Waals surface area contributed by atoms with Crippen LogP contribution in [0.2, 0.25) is 0 Å². The molecule has 0 fully saturated rings. The van der Waals surface area contributed by atoms with E-state index in [0.717, 1.165) is 15.0 Å². The second kappa shape index (κ2) is 13.5. The van der Waals surface area contributed by atoms with Crippen LogP contribution >= 0.6 is 8.58 Å². The zero-order valence-electron chi connectivity index (χ0n) is 12.2. The average Bonchev–Trinajstić information content (AvgIpc) is 2.48. The van der Waals surface area contributed by atoms with Crippen LogP contribution in [0.4, 0.5) is 0 Å². The Hall–Kier alpha value is -0.442. The quantitative estimate of drug-likeness (QED) is 0.311. The number of rotatable bonds is 5. The molecule has 0 saturated carbocycles. The largest absolute Gasteiger partial charge is 0.343 e. The first-order chi connectivity index (χ1) is 9.36. The molecule has 0 bridgehead atoms. The zero-order valence-corrected chi connectivity index (χ0v) is 15.2. The van der Waals surface area contributed by atoms with Crippen LogP contribution in [0.5, 0.6) is 0 Å². The van der Waals surface area contributed by atoms with Crippen molar-refractivity contribution in [2.45, 2.75) is 32.6 Å². The zero-order chi connectivity index (χ0) is 13.8. The minimum absolute atomic E-state index is 0. The van der Waals surface area contributed by atoms with E-state index in [9.17, 15) is 0 Å². The first kappa shape index (κ1) is 19.6. The Labute approximate surface area is 140 Å². The van der Waals surface area contributed by atoms with Gasteiger partial charge in [-0.25, -0.2) is 0 Å². The van der Waals surface area contributed by atoms with E-state index >= 15 is 0 Å². The van der Waals surface area contributed by atoms with Crippen molar-refractivity contribution in [3.63, 3.8) is 0 Å². The monoisotopic (exact) mass is 369 g/mol. The van der Waals surface area contributed by atoms with Gasteiger partial charge in [0.05, 0.1) is 0 Å². The second-order valence-electron chi connectivity index (χ2n) is 4.42. The third kappa shape index (κ3) is 9.46. The molecular weight excluding hydrogens is 343 g/mol. The summed E-state index contributed by atoms with van der Waals surface area (Å²) in [6.45, 7) is 5.93. The molecule has 0 aliphatic heterocycles. The molecule has 0 amide bonds. The van der Waals surface area contributed by atoms with Crippen LogP contribution in [-0.2, 0) is 21.1 Å². The van der Waals surface area contributed by atoms with E-state index in [2.05, 4.69) is 74.5 Å². The average molecular weight is 367 g/mol. The SMILES string of the molecule is [CH2-]CCCCC.[Mo].c1ccc(Pc2ccccc2)cc1. The normalized spacial score (nSPS) is 9.10. The Morgan fingerprint density at radius 1 is 0.800 bits per heavy atom. The predicted octanol–water partition coefficient (Wildman–Crippen LogP) is 4.71. The molecule has 0 saturated heterocycles. The van der Waals surface area contributed by atoms with Crippen molar-refractivity contribution >= 4 is 19.2 Å². The van der Waals surface area contributed by atoms with Crippen LogP contribution < -0.4 is 10.6 Å². The molecule has 108 valence electrons. The molecule has 0 aromatic heterocycles. The first-order valence-corrected chi connectivity index (χ1v) is 8.03. The maximum Gasteiger partial charge on any atom is 0 e. The van der Waals surface area contributed by atoms with Gasteiger partial charge in [-0.2, -0.15) is 6.42 Å². The van der Waals surface area contributed by atoms with Gasteiger partial charge < -0.3 is 6.92 Å². The molecule has 20 heavy (non-hydrogen) atoms. The molecule has 2 rings (SSSR count). The third-order valence-corrected chi connectivity index (χ3v) is 3.93. The van der Waals surface area contributed by atoms with Gasteiger partial charge in [0.2, 0.25) is 0 Å². The van der Waals surface area contributed by atoms with E-state index in [1.807, 2.05) is 0 Å². The van der Waals surface area contributed by atoms with E-state index in [4.69, 9.17) is 0 Å². The maximum absolute atomic E-state index is 3.72. The van der Waals surface area contributed by atoms with Gasteiger partial charge in [0.15, 0.2) is 0 Å². The van der Waals surface area contributed by atoms with Crippen LogP contribution in [-0.4, -0.2) is 0 Å². The van der Waals surface area contributed by atoms with Gasteiger partial charge in [0, 0.05) is 21.1 Å². The Bertz CT molecular complexity index is 372. The minimum atomic E-state index is 0. The predicted molar refractivity (Wildman–Crippen MR) is 90.0 cm³/mol. The topological polar surface area (TPSA) is 0 Å². The standard InChI is InChI=1S/C12H11P.C6H13.Mo/c1-3-7-11(8-4-1)13-12-9-5-2-6-10-12;1-3-5-6-4-2;/h1-10,13H;1,3-6H2,2H3;/q;-1;. The minimum Gasteiger partial charge on any atom is -0.343 e. The maximum atomic E-state index is 3.72. The number of benzene rings is 2. The molecule has 0 nitrogen and oxygen atoms in total. The summed E-state index contributed by atoms with van der Waals surface area (Å²) >= 11 is 0. The fourth-order valence-electron chi connectivity index (χ4n) is 1.64. The molecule has 0 heterocycles. The second-order valence-corrected chi connectivity index (χ2v) is 5.82. The summed E-state index contributed by atoms with van der Waals surface area (Å²) < 4.78 is 0. The summed E-state index contributed by atoms with van der Waals surface area (Å²) in [4.78, 5) is 0. The molecule has 2 aromatic rings. The Kier molecular flexibility index (Phi) is 13.2. The van der Waals surface area contributed by atoms with Gasteiger partial charge in [-0.15, -0.1) is 0 Å². The van der Waals surface area contributed by atoms with Gasteiger partial charge in [-0.05, 0) is 10.6 Å². The van der Waals surface area contributed by atoms with E-state index in [0.29, 0.717) is 0 Å². The molecule has 0 radical (unpaired) electrons. The summed E-state index contributed by atoms with van der Waals surface area (Å²) in [5.41, 5.74) is 0. The summed E-state index contributed by atoms with van der Waals surface area (Å²) in [6.07, 6.45) is 5.07. The Morgan fingerprint density at radius 2 is 1.25 bits per heavy atom. The molecule has 2 aromatic carbocycles. The smallest absolute Gasteiger partial charge is 0 e. The molecule has 0 spiro atoms. The molecule has 0 atom stereocenters. The molecule has 0 unspecified atom stereocenters. The van der Waals surface area contributed by atoms with Crippen molar-refractivity contribution < 1.29 is 21.1 Å². The van der Waals surface area contributed by atoms with Crippen molar-refractivity contribution in [3.8, 4) is 0 Å². The van der Waals surface area contributed by atoms with Crippen LogP contribution in [0.1, 0.15) is 32.6 Å². The fourth-order valence-corrected chi connectivity index (χ4v) is 2.69. The van der Waals surface area contributed by atoms with Gasteiger partial charge in [-0.1, -0.05) is 95.4 Å². The van der Waals surface area contributed by atoms with Gasteiger partial charge in [0.25, 0.3) is 0 Å². The van der Waals surface area contributed by atoms with Gasteiger partial charge in [0.1, 0.15) is 0 Å². The van der Waals surface area contributed by atoms with Crippen LogP contribution in [0.25, 0.3) is 0 Å². The van der Waals surface area contributed by atoms with Crippen LogP contribution in [0, 0.1) is 6.92 Å². The number of hydrogen-bond donors (Lipinski definition) is 0. The molecule has 0 aliphatic rings. The number of hydrogen-bond acceptors (Lipinski definition) is 0. The van der Waals surface area contributed by atoms with Gasteiger partial charge in [-0.3, -0.25) is 0 Å². The molecule has 0 aliphatic carbocycles. The fraction of sp³-hybridized carbons (Fsp3) is 0.278.